The number of urea groups is 1. The number of carbonyl (C=O) groups is 3. The van der Waals surface area contributed by atoms with Crippen molar-refractivity contribution in [1.29, 1.82) is 0 Å². The molecule has 3 aliphatic heterocycles. The molecule has 5 rings (SSSR count). The van der Waals surface area contributed by atoms with E-state index in [1.165, 1.54) is 4.90 Å². The van der Waals surface area contributed by atoms with Crippen molar-refractivity contribution in [2.75, 3.05) is 26.2 Å². The third kappa shape index (κ3) is 4.20. The molecule has 2 atom stereocenters. The predicted molar refractivity (Wildman–Crippen MR) is 130 cm³/mol. The van der Waals surface area contributed by atoms with Crippen LogP contribution in [0.5, 0.6) is 0 Å². The van der Waals surface area contributed by atoms with E-state index in [9.17, 15) is 14.4 Å². The van der Waals surface area contributed by atoms with Crippen molar-refractivity contribution < 1.29 is 19.1 Å². The molecule has 8 heteroatoms. The largest absolute Gasteiger partial charge is 0.376 e. The van der Waals surface area contributed by atoms with Crippen LogP contribution in [-0.2, 0) is 15.1 Å². The van der Waals surface area contributed by atoms with Gasteiger partial charge in [-0.1, -0.05) is 23.8 Å². The molecule has 4 amide bonds. The number of ether oxygens (including phenoxy) is 1. The van der Waals surface area contributed by atoms with Crippen LogP contribution in [0, 0.1) is 19.8 Å². The van der Waals surface area contributed by atoms with Gasteiger partial charge in [0.15, 0.2) is 5.54 Å². The molecule has 1 aromatic carbocycles. The number of nitrogens with zero attached hydrogens (tertiary/aromatic N) is 3. The standard InChI is InChI=1S/C27H32N4O4/c1-18-7-8-19(2)23(15-18)24(32)30-12-9-20(10-13-30)27(21-5-3-11-28-16-21)25(33)31(26(34)29-27)17-22-6-4-14-35-22/h3,5,7-8,11,15-16,20,22H,4,6,9-10,12-14,17H2,1-2H3,(H,29,34)/t22-,27+/m0/s1. The van der Waals surface area contributed by atoms with Crippen LogP contribution < -0.4 is 5.32 Å². The van der Waals surface area contributed by atoms with Gasteiger partial charge in [-0.3, -0.25) is 19.5 Å². The van der Waals surface area contributed by atoms with Gasteiger partial charge in [0.1, 0.15) is 0 Å². The zero-order valence-electron chi connectivity index (χ0n) is 20.3. The summed E-state index contributed by atoms with van der Waals surface area (Å²) in [5, 5.41) is 3.06. The molecule has 0 radical (unpaired) electrons. The Kier molecular flexibility index (Phi) is 6.32. The van der Waals surface area contributed by atoms with E-state index in [2.05, 4.69) is 10.3 Å². The Morgan fingerprint density at radius 3 is 2.66 bits per heavy atom. The highest BCUT2D eigenvalue weighted by Crippen LogP contribution is 2.41. The van der Waals surface area contributed by atoms with Gasteiger partial charge < -0.3 is 15.0 Å². The number of aromatic nitrogens is 1. The zero-order valence-corrected chi connectivity index (χ0v) is 20.3. The lowest BCUT2D eigenvalue weighted by Gasteiger charge is -2.41. The van der Waals surface area contributed by atoms with Gasteiger partial charge in [0.05, 0.1) is 12.6 Å². The smallest absolute Gasteiger partial charge is 0.325 e. The number of likely N-dealkylation sites (tertiary alicyclic amines) is 1. The second-order valence-corrected chi connectivity index (χ2v) is 9.92. The minimum Gasteiger partial charge on any atom is -0.376 e. The minimum absolute atomic E-state index is 0.0156. The van der Waals surface area contributed by atoms with Gasteiger partial charge in [0, 0.05) is 43.2 Å². The first kappa shape index (κ1) is 23.5. The number of carbonyl (C=O) groups excluding carboxylic acids is 3. The molecule has 3 saturated heterocycles. The van der Waals surface area contributed by atoms with Crippen molar-refractivity contribution in [2.45, 2.75) is 51.2 Å². The van der Waals surface area contributed by atoms with E-state index in [-0.39, 0.29) is 36.4 Å². The second kappa shape index (κ2) is 9.41. The molecule has 2 aromatic rings. The van der Waals surface area contributed by atoms with Crippen LogP contribution in [0.15, 0.2) is 42.7 Å². The fourth-order valence-electron chi connectivity index (χ4n) is 5.71. The molecule has 1 aromatic heterocycles. The molecule has 0 aliphatic carbocycles. The summed E-state index contributed by atoms with van der Waals surface area (Å²) in [7, 11) is 0. The highest BCUT2D eigenvalue weighted by molar-refractivity contribution is 6.07. The number of rotatable bonds is 5. The molecular formula is C27H32N4O4. The summed E-state index contributed by atoms with van der Waals surface area (Å²) in [6.45, 7) is 5.90. The zero-order chi connectivity index (χ0) is 24.6. The second-order valence-electron chi connectivity index (χ2n) is 9.92. The van der Waals surface area contributed by atoms with Crippen LogP contribution in [0.2, 0.25) is 0 Å². The lowest BCUT2D eigenvalue weighted by Crippen LogP contribution is -2.54. The fraction of sp³-hybridized carbons (Fsp3) is 0.481. The number of benzene rings is 1. The van der Waals surface area contributed by atoms with E-state index in [1.54, 1.807) is 18.5 Å². The lowest BCUT2D eigenvalue weighted by molar-refractivity contribution is -0.135. The number of hydrogen-bond acceptors (Lipinski definition) is 5. The molecule has 1 N–H and O–H groups in total. The lowest BCUT2D eigenvalue weighted by atomic mass is 9.73. The molecule has 3 fully saturated rings. The summed E-state index contributed by atoms with van der Waals surface area (Å²) in [5.41, 5.74) is 2.23. The average molecular weight is 477 g/mol. The van der Waals surface area contributed by atoms with Crippen molar-refractivity contribution in [3.8, 4) is 0 Å². The van der Waals surface area contributed by atoms with Gasteiger partial charge in [-0.2, -0.15) is 0 Å². The monoisotopic (exact) mass is 476 g/mol. The molecular weight excluding hydrogens is 444 g/mol. The number of piperidine rings is 1. The van der Waals surface area contributed by atoms with Crippen molar-refractivity contribution in [3.63, 3.8) is 0 Å². The van der Waals surface area contributed by atoms with Crippen LogP contribution >= 0.6 is 0 Å². The maximum Gasteiger partial charge on any atom is 0.325 e. The number of aryl methyl sites for hydroxylation is 2. The molecule has 35 heavy (non-hydrogen) atoms. The molecule has 0 bridgehead atoms. The molecule has 0 unspecified atom stereocenters. The van der Waals surface area contributed by atoms with E-state index in [0.717, 1.165) is 29.5 Å². The van der Waals surface area contributed by atoms with Gasteiger partial charge in [-0.15, -0.1) is 0 Å². The number of hydrogen-bond donors (Lipinski definition) is 1. The summed E-state index contributed by atoms with van der Waals surface area (Å²) >= 11 is 0. The molecule has 0 saturated carbocycles. The summed E-state index contributed by atoms with van der Waals surface area (Å²) in [4.78, 5) is 47.7. The quantitative estimate of drug-likeness (QED) is 0.670. The third-order valence-electron chi connectivity index (χ3n) is 7.68. The average Bonchev–Trinajstić information content (AvgIpc) is 3.48. The first-order valence-corrected chi connectivity index (χ1v) is 12.4. The predicted octanol–water partition coefficient (Wildman–Crippen LogP) is 3.18. The van der Waals surface area contributed by atoms with E-state index in [4.69, 9.17) is 4.74 Å². The highest BCUT2D eigenvalue weighted by Gasteiger charge is 2.57. The number of nitrogens with one attached hydrogen (secondary N) is 1. The fourth-order valence-corrected chi connectivity index (χ4v) is 5.71. The Labute approximate surface area is 205 Å². The van der Waals surface area contributed by atoms with E-state index >= 15 is 0 Å². The normalized spacial score (nSPS) is 25.3. The molecule has 4 heterocycles. The maximum atomic E-state index is 13.9. The topological polar surface area (TPSA) is 91.8 Å². The van der Waals surface area contributed by atoms with Crippen molar-refractivity contribution >= 4 is 17.8 Å². The number of pyridine rings is 1. The van der Waals surface area contributed by atoms with Crippen LogP contribution in [-0.4, -0.2) is 65.0 Å². The van der Waals surface area contributed by atoms with Crippen LogP contribution in [0.1, 0.15) is 52.7 Å². The molecule has 3 aliphatic rings. The van der Waals surface area contributed by atoms with Crippen molar-refractivity contribution in [2.24, 2.45) is 5.92 Å². The number of imide groups is 1. The Hall–Kier alpha value is -3.26. The maximum absolute atomic E-state index is 13.9. The highest BCUT2D eigenvalue weighted by atomic mass is 16.5. The molecule has 184 valence electrons. The Morgan fingerprint density at radius 2 is 1.97 bits per heavy atom. The van der Waals surface area contributed by atoms with Crippen LogP contribution in [0.25, 0.3) is 0 Å². The van der Waals surface area contributed by atoms with Crippen LogP contribution in [0.3, 0.4) is 0 Å². The van der Waals surface area contributed by atoms with Gasteiger partial charge in [0.25, 0.3) is 11.8 Å². The summed E-state index contributed by atoms with van der Waals surface area (Å²) in [5.74, 6) is -0.382. The van der Waals surface area contributed by atoms with E-state index in [0.29, 0.717) is 38.1 Å². The summed E-state index contributed by atoms with van der Waals surface area (Å²) < 4.78 is 5.70. The Bertz CT molecular complexity index is 1120. The first-order valence-electron chi connectivity index (χ1n) is 12.4. The SMILES string of the molecule is Cc1ccc(C)c(C(=O)N2CCC([C@]3(c4cccnc4)NC(=O)N(C[C@@H]4CCCO4)C3=O)CC2)c1. The van der Waals surface area contributed by atoms with Crippen molar-refractivity contribution in [1.82, 2.24) is 20.1 Å². The first-order chi connectivity index (χ1) is 16.9. The van der Waals surface area contributed by atoms with Gasteiger partial charge >= 0.3 is 6.03 Å². The van der Waals surface area contributed by atoms with E-state index < -0.39 is 5.54 Å². The third-order valence-corrected chi connectivity index (χ3v) is 7.68. The Balaban J connectivity index is 1.39. The summed E-state index contributed by atoms with van der Waals surface area (Å²) in [6, 6.07) is 9.18. The van der Waals surface area contributed by atoms with Crippen LogP contribution in [0.4, 0.5) is 4.79 Å². The Morgan fingerprint density at radius 1 is 1.17 bits per heavy atom. The summed E-state index contributed by atoms with van der Waals surface area (Å²) in [6.07, 6.45) is 6.20. The van der Waals surface area contributed by atoms with Gasteiger partial charge in [-0.05, 0) is 63.1 Å². The van der Waals surface area contributed by atoms with E-state index in [1.807, 2.05) is 43.0 Å². The molecule has 8 nitrogen and oxygen atoms in total. The van der Waals surface area contributed by atoms with Gasteiger partial charge in [-0.25, -0.2) is 4.79 Å². The number of amides is 4. The van der Waals surface area contributed by atoms with Crippen molar-refractivity contribution in [3.05, 3.63) is 65.0 Å². The van der Waals surface area contributed by atoms with Gasteiger partial charge in [0.2, 0.25) is 0 Å². The minimum atomic E-state index is -1.18. The molecule has 0 spiro atoms.